The van der Waals surface area contributed by atoms with Gasteiger partial charge in [0.25, 0.3) is 5.69 Å². The van der Waals surface area contributed by atoms with Crippen molar-refractivity contribution in [3.05, 3.63) is 27.4 Å². The van der Waals surface area contributed by atoms with E-state index in [1.807, 2.05) is 13.2 Å². The fraction of sp³-hybridized carbons (Fsp3) is 0.444. The number of halogens is 1. The summed E-state index contributed by atoms with van der Waals surface area (Å²) in [5.74, 6) is 1.39. The topological polar surface area (TPSA) is 68.1 Å². The third-order valence-corrected chi connectivity index (χ3v) is 2.96. The van der Waals surface area contributed by atoms with Crippen LogP contribution in [0.5, 0.6) is 0 Å². The Morgan fingerprint density at radius 1 is 1.75 bits per heavy atom. The van der Waals surface area contributed by atoms with E-state index in [0.717, 1.165) is 5.75 Å². The highest BCUT2D eigenvalue weighted by atomic mass is 35.5. The van der Waals surface area contributed by atoms with E-state index in [1.54, 1.807) is 11.8 Å². The van der Waals surface area contributed by atoms with Crippen LogP contribution in [-0.2, 0) is 0 Å². The van der Waals surface area contributed by atoms with Gasteiger partial charge < -0.3 is 5.32 Å². The minimum Gasteiger partial charge on any atom is -0.366 e. The minimum absolute atomic E-state index is 0.104. The Morgan fingerprint density at radius 3 is 2.94 bits per heavy atom. The van der Waals surface area contributed by atoms with Crippen molar-refractivity contribution in [2.45, 2.75) is 13.0 Å². The SMILES string of the molecule is CSCC(C)Nc1ncc([N+](=O)[O-])cc1Cl. The van der Waals surface area contributed by atoms with Crippen LogP contribution in [0.3, 0.4) is 0 Å². The number of hydrogen-bond donors (Lipinski definition) is 1. The van der Waals surface area contributed by atoms with Crippen molar-refractivity contribution in [3.8, 4) is 0 Å². The van der Waals surface area contributed by atoms with E-state index in [9.17, 15) is 10.1 Å². The van der Waals surface area contributed by atoms with E-state index in [-0.39, 0.29) is 16.8 Å². The fourth-order valence-corrected chi connectivity index (χ4v) is 1.96. The molecule has 5 nitrogen and oxygen atoms in total. The van der Waals surface area contributed by atoms with Crippen LogP contribution < -0.4 is 5.32 Å². The van der Waals surface area contributed by atoms with Gasteiger partial charge in [0, 0.05) is 17.9 Å². The largest absolute Gasteiger partial charge is 0.366 e. The lowest BCUT2D eigenvalue weighted by Crippen LogP contribution is -2.18. The molecule has 1 aromatic heterocycles. The van der Waals surface area contributed by atoms with Gasteiger partial charge in [0.2, 0.25) is 0 Å². The molecule has 0 bridgehead atoms. The summed E-state index contributed by atoms with van der Waals surface area (Å²) >= 11 is 7.58. The molecule has 0 aliphatic heterocycles. The van der Waals surface area contributed by atoms with Crippen molar-refractivity contribution in [1.29, 1.82) is 0 Å². The third kappa shape index (κ3) is 3.53. The van der Waals surface area contributed by atoms with Gasteiger partial charge in [-0.15, -0.1) is 0 Å². The summed E-state index contributed by atoms with van der Waals surface area (Å²) in [5.41, 5.74) is -0.104. The van der Waals surface area contributed by atoms with Crippen LogP contribution in [0.15, 0.2) is 12.3 Å². The standard InChI is InChI=1S/C9H12ClN3O2S/c1-6(5-16-2)12-9-8(10)3-7(4-11-9)13(14)15/h3-4,6H,5H2,1-2H3,(H,11,12). The lowest BCUT2D eigenvalue weighted by molar-refractivity contribution is -0.385. The molecule has 88 valence electrons. The summed E-state index contributed by atoms with van der Waals surface area (Å²) in [7, 11) is 0. The monoisotopic (exact) mass is 261 g/mol. The van der Waals surface area contributed by atoms with Crippen molar-refractivity contribution >= 4 is 34.9 Å². The quantitative estimate of drug-likeness (QED) is 0.652. The smallest absolute Gasteiger partial charge is 0.289 e. The average molecular weight is 262 g/mol. The molecular formula is C9H12ClN3O2S. The Hall–Kier alpha value is -1.01. The number of pyridine rings is 1. The van der Waals surface area contributed by atoms with Gasteiger partial charge in [-0.05, 0) is 13.2 Å². The Morgan fingerprint density at radius 2 is 2.44 bits per heavy atom. The van der Waals surface area contributed by atoms with E-state index < -0.39 is 4.92 Å². The van der Waals surface area contributed by atoms with E-state index in [1.165, 1.54) is 12.3 Å². The first kappa shape index (κ1) is 13.1. The maximum atomic E-state index is 10.5. The second-order valence-corrected chi connectivity index (χ2v) is 4.60. The highest BCUT2D eigenvalue weighted by Gasteiger charge is 2.12. The molecule has 0 saturated carbocycles. The molecule has 0 spiro atoms. The highest BCUT2D eigenvalue weighted by Crippen LogP contribution is 2.24. The zero-order valence-electron chi connectivity index (χ0n) is 8.94. The summed E-state index contributed by atoms with van der Waals surface area (Å²) in [6.07, 6.45) is 3.20. The summed E-state index contributed by atoms with van der Waals surface area (Å²) in [4.78, 5) is 13.9. The van der Waals surface area contributed by atoms with Gasteiger partial charge in [-0.3, -0.25) is 10.1 Å². The Bertz CT molecular complexity index is 389. The van der Waals surface area contributed by atoms with Crippen LogP contribution in [0.4, 0.5) is 11.5 Å². The predicted molar refractivity (Wildman–Crippen MR) is 67.4 cm³/mol. The summed E-state index contributed by atoms with van der Waals surface area (Å²) < 4.78 is 0. The molecule has 1 rings (SSSR count). The summed E-state index contributed by atoms with van der Waals surface area (Å²) in [6, 6.07) is 1.50. The van der Waals surface area contributed by atoms with Crippen LogP contribution >= 0.6 is 23.4 Å². The molecule has 0 amide bonds. The van der Waals surface area contributed by atoms with Gasteiger partial charge in [-0.1, -0.05) is 11.6 Å². The van der Waals surface area contributed by atoms with Crippen LogP contribution in [0, 0.1) is 10.1 Å². The van der Waals surface area contributed by atoms with Gasteiger partial charge in [-0.25, -0.2) is 4.98 Å². The number of hydrogen-bond acceptors (Lipinski definition) is 5. The lowest BCUT2D eigenvalue weighted by atomic mass is 10.3. The zero-order chi connectivity index (χ0) is 12.1. The van der Waals surface area contributed by atoms with Gasteiger partial charge in [-0.2, -0.15) is 11.8 Å². The van der Waals surface area contributed by atoms with Crippen molar-refractivity contribution in [1.82, 2.24) is 4.98 Å². The number of anilines is 1. The number of rotatable bonds is 5. The van der Waals surface area contributed by atoms with Crippen LogP contribution in [-0.4, -0.2) is 28.0 Å². The normalized spacial score (nSPS) is 12.2. The first-order valence-corrected chi connectivity index (χ1v) is 6.37. The molecule has 0 fully saturated rings. The molecule has 16 heavy (non-hydrogen) atoms. The number of thioether (sulfide) groups is 1. The van der Waals surface area contributed by atoms with Gasteiger partial charge in [0.05, 0.1) is 9.95 Å². The van der Waals surface area contributed by atoms with Crippen molar-refractivity contribution in [2.24, 2.45) is 0 Å². The Labute approximate surface area is 103 Å². The fourth-order valence-electron chi connectivity index (χ4n) is 1.16. The molecule has 1 N–H and O–H groups in total. The predicted octanol–water partition coefficient (Wildman–Crippen LogP) is 2.81. The van der Waals surface area contributed by atoms with Crippen LogP contribution in [0.2, 0.25) is 5.02 Å². The lowest BCUT2D eigenvalue weighted by Gasteiger charge is -2.13. The molecule has 1 unspecified atom stereocenters. The first-order valence-electron chi connectivity index (χ1n) is 4.60. The van der Waals surface area contributed by atoms with E-state index >= 15 is 0 Å². The van der Waals surface area contributed by atoms with Gasteiger partial charge in [0.1, 0.15) is 12.0 Å². The zero-order valence-corrected chi connectivity index (χ0v) is 10.5. The molecule has 0 aliphatic carbocycles. The molecule has 1 atom stereocenters. The summed E-state index contributed by atoms with van der Waals surface area (Å²) in [6.45, 7) is 2.00. The molecule has 7 heteroatoms. The number of nitro groups is 1. The van der Waals surface area contributed by atoms with Gasteiger partial charge >= 0.3 is 0 Å². The van der Waals surface area contributed by atoms with Crippen molar-refractivity contribution < 1.29 is 4.92 Å². The van der Waals surface area contributed by atoms with Crippen molar-refractivity contribution in [3.63, 3.8) is 0 Å². The average Bonchev–Trinajstić information content (AvgIpc) is 2.21. The number of nitrogens with one attached hydrogen (secondary N) is 1. The number of nitrogens with zero attached hydrogens (tertiary/aromatic N) is 2. The number of aromatic nitrogens is 1. The maximum absolute atomic E-state index is 10.5. The van der Waals surface area contributed by atoms with E-state index in [0.29, 0.717) is 5.82 Å². The molecule has 1 heterocycles. The second-order valence-electron chi connectivity index (χ2n) is 3.28. The Kier molecular flexibility index (Phi) is 4.82. The maximum Gasteiger partial charge on any atom is 0.289 e. The van der Waals surface area contributed by atoms with Crippen LogP contribution in [0.25, 0.3) is 0 Å². The first-order chi connectivity index (χ1) is 7.54. The Balaban J connectivity index is 2.79. The third-order valence-electron chi connectivity index (χ3n) is 1.84. The molecular weight excluding hydrogens is 250 g/mol. The van der Waals surface area contributed by atoms with Crippen LogP contribution in [0.1, 0.15) is 6.92 Å². The highest BCUT2D eigenvalue weighted by molar-refractivity contribution is 7.98. The van der Waals surface area contributed by atoms with E-state index in [2.05, 4.69) is 10.3 Å². The molecule has 0 aromatic carbocycles. The van der Waals surface area contributed by atoms with Gasteiger partial charge in [0.15, 0.2) is 0 Å². The molecule has 0 saturated heterocycles. The second kappa shape index (κ2) is 5.91. The minimum atomic E-state index is -0.520. The summed E-state index contributed by atoms with van der Waals surface area (Å²) in [5, 5.41) is 13.8. The molecule has 0 radical (unpaired) electrons. The van der Waals surface area contributed by atoms with Crippen molar-refractivity contribution in [2.75, 3.05) is 17.3 Å². The molecule has 0 aliphatic rings. The molecule has 1 aromatic rings. The van der Waals surface area contributed by atoms with E-state index in [4.69, 9.17) is 11.6 Å².